The lowest BCUT2D eigenvalue weighted by molar-refractivity contribution is -0.123. The van der Waals surface area contributed by atoms with Crippen molar-refractivity contribution in [2.75, 3.05) is 37.7 Å². The van der Waals surface area contributed by atoms with Crippen LogP contribution in [0.5, 0.6) is 0 Å². The molecule has 1 rings (SSSR count). The minimum absolute atomic E-state index is 0.0565. The monoisotopic (exact) mass is 202 g/mol. The lowest BCUT2D eigenvalue weighted by Crippen LogP contribution is -2.41. The maximum atomic E-state index is 11.2. The van der Waals surface area contributed by atoms with Gasteiger partial charge in [0.15, 0.2) is 0 Å². The van der Waals surface area contributed by atoms with Crippen molar-refractivity contribution in [1.82, 2.24) is 10.2 Å². The maximum Gasteiger partial charge on any atom is 0.234 e. The van der Waals surface area contributed by atoms with Crippen LogP contribution in [0.2, 0.25) is 0 Å². The zero-order chi connectivity index (χ0) is 9.52. The van der Waals surface area contributed by atoms with Crippen LogP contribution in [0.4, 0.5) is 0 Å². The van der Waals surface area contributed by atoms with Gasteiger partial charge in [0, 0.05) is 24.6 Å². The van der Waals surface area contributed by atoms with Crippen molar-refractivity contribution in [3.05, 3.63) is 0 Å². The van der Waals surface area contributed by atoms with Crippen LogP contribution in [0, 0.1) is 0 Å². The summed E-state index contributed by atoms with van der Waals surface area (Å²) < 4.78 is 0. The van der Waals surface area contributed by atoms with Crippen molar-refractivity contribution in [3.8, 4) is 0 Å². The summed E-state index contributed by atoms with van der Waals surface area (Å²) >= 11 is 1.91. The van der Waals surface area contributed by atoms with Gasteiger partial charge in [0.1, 0.15) is 6.29 Å². The largest absolute Gasteiger partial charge is 0.348 e. The third-order valence-electron chi connectivity index (χ3n) is 1.85. The van der Waals surface area contributed by atoms with Gasteiger partial charge in [0.25, 0.3) is 0 Å². The Balaban J connectivity index is 2.14. The summed E-state index contributed by atoms with van der Waals surface area (Å²) in [4.78, 5) is 23.2. The molecular formula is C8H14N2O2S. The highest BCUT2D eigenvalue weighted by Crippen LogP contribution is 2.07. The Kier molecular flexibility index (Phi) is 4.85. The van der Waals surface area contributed by atoms with E-state index in [4.69, 9.17) is 0 Å². The van der Waals surface area contributed by atoms with Crippen molar-refractivity contribution in [2.24, 2.45) is 0 Å². The van der Waals surface area contributed by atoms with Crippen LogP contribution in [0.15, 0.2) is 0 Å². The van der Waals surface area contributed by atoms with Gasteiger partial charge in [0.2, 0.25) is 5.91 Å². The number of nitrogens with one attached hydrogen (secondary N) is 1. The first kappa shape index (κ1) is 10.5. The molecule has 0 radical (unpaired) electrons. The van der Waals surface area contributed by atoms with E-state index >= 15 is 0 Å². The van der Waals surface area contributed by atoms with Crippen LogP contribution in [0.1, 0.15) is 0 Å². The lowest BCUT2D eigenvalue weighted by Gasteiger charge is -2.25. The normalized spacial score (nSPS) is 18.2. The zero-order valence-electron chi connectivity index (χ0n) is 7.49. The van der Waals surface area contributed by atoms with Gasteiger partial charge in [-0.2, -0.15) is 11.8 Å². The Morgan fingerprint density at radius 3 is 2.77 bits per heavy atom. The summed E-state index contributed by atoms with van der Waals surface area (Å²) in [5.74, 6) is 2.14. The Morgan fingerprint density at radius 2 is 2.15 bits per heavy atom. The molecule has 1 aliphatic rings. The Morgan fingerprint density at radius 1 is 1.46 bits per heavy atom. The van der Waals surface area contributed by atoms with Crippen molar-refractivity contribution in [3.63, 3.8) is 0 Å². The predicted molar refractivity (Wildman–Crippen MR) is 52.8 cm³/mol. The summed E-state index contributed by atoms with van der Waals surface area (Å²) in [7, 11) is 0. The highest BCUT2D eigenvalue weighted by Gasteiger charge is 2.13. The summed E-state index contributed by atoms with van der Waals surface area (Å²) in [6.07, 6.45) is 0.698. The average molecular weight is 202 g/mol. The fourth-order valence-electron chi connectivity index (χ4n) is 1.17. The van der Waals surface area contributed by atoms with Crippen molar-refractivity contribution in [1.29, 1.82) is 0 Å². The van der Waals surface area contributed by atoms with Crippen molar-refractivity contribution >= 4 is 24.0 Å². The Hall–Kier alpha value is -0.550. The molecule has 0 aromatic carbocycles. The molecule has 0 unspecified atom stereocenters. The van der Waals surface area contributed by atoms with Crippen molar-refractivity contribution in [2.45, 2.75) is 0 Å². The number of thioether (sulfide) groups is 1. The molecule has 1 aliphatic heterocycles. The second kappa shape index (κ2) is 5.99. The van der Waals surface area contributed by atoms with E-state index in [0.717, 1.165) is 24.6 Å². The van der Waals surface area contributed by atoms with Crippen molar-refractivity contribution < 1.29 is 9.59 Å². The minimum atomic E-state index is -0.0565. The van der Waals surface area contributed by atoms with Gasteiger partial charge in [-0.3, -0.25) is 9.69 Å². The second-order valence-corrected chi connectivity index (χ2v) is 4.08. The molecule has 13 heavy (non-hydrogen) atoms. The first-order chi connectivity index (χ1) is 6.33. The van der Waals surface area contributed by atoms with Crippen LogP contribution in [-0.2, 0) is 9.59 Å². The van der Waals surface area contributed by atoms with E-state index in [0.29, 0.717) is 12.8 Å². The van der Waals surface area contributed by atoms with Gasteiger partial charge in [-0.25, -0.2) is 0 Å². The van der Waals surface area contributed by atoms with Crippen LogP contribution in [0.25, 0.3) is 0 Å². The van der Waals surface area contributed by atoms with E-state index in [2.05, 4.69) is 10.2 Å². The number of nitrogens with zero attached hydrogens (tertiary/aromatic N) is 1. The number of hydrogen-bond donors (Lipinski definition) is 1. The first-order valence-corrected chi connectivity index (χ1v) is 5.49. The van der Waals surface area contributed by atoms with Gasteiger partial charge >= 0.3 is 0 Å². The minimum Gasteiger partial charge on any atom is -0.348 e. The molecule has 1 amide bonds. The molecule has 0 aliphatic carbocycles. The summed E-state index contributed by atoms with van der Waals surface area (Å²) in [6.45, 7) is 2.49. The predicted octanol–water partition coefficient (Wildman–Crippen LogP) is -0.650. The SMILES string of the molecule is O=CCNC(=O)CN1CCSCC1. The molecule has 0 aromatic rings. The number of aldehydes is 1. The number of rotatable bonds is 4. The maximum absolute atomic E-state index is 11.2. The lowest BCUT2D eigenvalue weighted by atomic mass is 10.4. The Labute approximate surface area is 82.0 Å². The van der Waals surface area contributed by atoms with E-state index in [1.165, 1.54) is 0 Å². The standard InChI is InChI=1S/C8H14N2O2S/c11-4-1-9-8(12)7-10-2-5-13-6-3-10/h4H,1-3,5-7H2,(H,9,12). The quantitative estimate of drug-likeness (QED) is 0.616. The fourth-order valence-corrected chi connectivity index (χ4v) is 2.15. The van der Waals surface area contributed by atoms with Gasteiger partial charge in [0.05, 0.1) is 13.1 Å². The first-order valence-electron chi connectivity index (χ1n) is 4.33. The summed E-state index contributed by atoms with van der Waals surface area (Å²) in [5.41, 5.74) is 0. The smallest absolute Gasteiger partial charge is 0.234 e. The molecular weight excluding hydrogens is 188 g/mol. The van der Waals surface area contributed by atoms with E-state index in [1.54, 1.807) is 0 Å². The third kappa shape index (κ3) is 4.28. The highest BCUT2D eigenvalue weighted by molar-refractivity contribution is 7.99. The van der Waals surface area contributed by atoms with Gasteiger partial charge in [-0.05, 0) is 0 Å². The number of carbonyl (C=O) groups is 2. The van der Waals surface area contributed by atoms with E-state index in [9.17, 15) is 9.59 Å². The van der Waals surface area contributed by atoms with E-state index in [1.807, 2.05) is 11.8 Å². The van der Waals surface area contributed by atoms with Crippen LogP contribution >= 0.6 is 11.8 Å². The highest BCUT2D eigenvalue weighted by atomic mass is 32.2. The fraction of sp³-hybridized carbons (Fsp3) is 0.750. The topological polar surface area (TPSA) is 49.4 Å². The molecule has 0 spiro atoms. The van der Waals surface area contributed by atoms with Gasteiger partial charge in [-0.1, -0.05) is 0 Å². The molecule has 0 bridgehead atoms. The molecule has 1 N–H and O–H groups in total. The Bertz CT molecular complexity index is 181. The summed E-state index contributed by atoms with van der Waals surface area (Å²) in [5, 5.41) is 2.52. The molecule has 1 saturated heterocycles. The molecule has 0 atom stereocenters. The molecule has 1 heterocycles. The van der Waals surface area contributed by atoms with Crippen LogP contribution < -0.4 is 5.32 Å². The van der Waals surface area contributed by atoms with Gasteiger partial charge in [-0.15, -0.1) is 0 Å². The number of hydrogen-bond acceptors (Lipinski definition) is 4. The molecule has 1 fully saturated rings. The zero-order valence-corrected chi connectivity index (χ0v) is 8.31. The average Bonchev–Trinajstić information content (AvgIpc) is 2.16. The number of carbonyl (C=O) groups excluding carboxylic acids is 2. The molecule has 0 aromatic heterocycles. The third-order valence-corrected chi connectivity index (χ3v) is 2.80. The molecule has 5 heteroatoms. The van der Waals surface area contributed by atoms with Crippen LogP contribution in [-0.4, -0.2) is 54.8 Å². The molecule has 74 valence electrons. The van der Waals surface area contributed by atoms with Gasteiger partial charge < -0.3 is 10.1 Å². The van der Waals surface area contributed by atoms with Crippen LogP contribution in [0.3, 0.4) is 0 Å². The van der Waals surface area contributed by atoms with E-state index < -0.39 is 0 Å². The second-order valence-electron chi connectivity index (χ2n) is 2.86. The van der Waals surface area contributed by atoms with E-state index in [-0.39, 0.29) is 12.5 Å². The molecule has 0 saturated carbocycles. The molecule has 4 nitrogen and oxygen atoms in total. The number of amides is 1. The summed E-state index contributed by atoms with van der Waals surface area (Å²) in [6, 6.07) is 0.